The van der Waals surface area contributed by atoms with Gasteiger partial charge < -0.3 is 9.32 Å². The Morgan fingerprint density at radius 3 is 1.65 bits per heavy atom. The molecular formula is C50H33NO. The summed E-state index contributed by atoms with van der Waals surface area (Å²) in [5.74, 6) is 0. The number of fused-ring (bicyclic) bond motifs is 5. The molecule has 10 rings (SSSR count). The molecule has 0 saturated heterocycles. The van der Waals surface area contributed by atoms with Gasteiger partial charge in [-0.15, -0.1) is 0 Å². The third-order valence-corrected chi connectivity index (χ3v) is 9.94. The lowest BCUT2D eigenvalue weighted by molar-refractivity contribution is 0.670. The second-order valence-electron chi connectivity index (χ2n) is 13.0. The van der Waals surface area contributed by atoms with Crippen LogP contribution < -0.4 is 4.90 Å². The van der Waals surface area contributed by atoms with Crippen molar-refractivity contribution >= 4 is 60.5 Å². The number of furan rings is 1. The molecule has 2 heteroatoms. The fourth-order valence-corrected chi connectivity index (χ4v) is 7.46. The Balaban J connectivity index is 1.18. The highest BCUT2D eigenvalue weighted by Gasteiger charge is 2.17. The molecule has 9 aromatic carbocycles. The van der Waals surface area contributed by atoms with Gasteiger partial charge in [-0.3, -0.25) is 0 Å². The van der Waals surface area contributed by atoms with Crippen molar-refractivity contribution in [3.05, 3.63) is 200 Å². The van der Waals surface area contributed by atoms with Gasteiger partial charge in [-0.05, 0) is 91.8 Å². The summed E-state index contributed by atoms with van der Waals surface area (Å²) in [6, 6.07) is 58.0. The van der Waals surface area contributed by atoms with E-state index in [1.807, 2.05) is 126 Å². The van der Waals surface area contributed by atoms with Gasteiger partial charge in [-0.2, -0.15) is 0 Å². The summed E-state index contributed by atoms with van der Waals surface area (Å²) < 4.78 is 44.4. The normalized spacial score (nSPS) is 12.5. The van der Waals surface area contributed by atoms with Gasteiger partial charge in [-0.1, -0.05) is 158 Å². The SMILES string of the molecule is [2H]c1c([2H])c(N(c2ccc(-c3cccc4ccccc34)cc2)c2cccc(-c3cccc4c3oc3ccccc34)c2)c([2H])c([2H])c1-c1cccc2ccccc12. The summed E-state index contributed by atoms with van der Waals surface area (Å²) in [7, 11) is 0. The van der Waals surface area contributed by atoms with E-state index in [9.17, 15) is 5.48 Å². The van der Waals surface area contributed by atoms with Crippen molar-refractivity contribution in [1.82, 2.24) is 0 Å². The van der Waals surface area contributed by atoms with Crippen LogP contribution in [0.4, 0.5) is 17.1 Å². The molecule has 1 heterocycles. The van der Waals surface area contributed by atoms with Crippen LogP contribution in [-0.2, 0) is 0 Å². The average molecular weight is 668 g/mol. The first-order valence-electron chi connectivity index (χ1n) is 19.4. The van der Waals surface area contributed by atoms with Gasteiger partial charge in [0, 0.05) is 33.4 Å². The van der Waals surface area contributed by atoms with Gasteiger partial charge in [0.25, 0.3) is 0 Å². The minimum atomic E-state index is -0.128. The lowest BCUT2D eigenvalue weighted by Gasteiger charge is -2.26. The van der Waals surface area contributed by atoms with Gasteiger partial charge in [0.2, 0.25) is 0 Å². The summed E-state index contributed by atoms with van der Waals surface area (Å²) in [5.41, 5.74) is 8.03. The number of nitrogens with zero attached hydrogens (tertiary/aromatic N) is 1. The molecule has 0 aliphatic heterocycles. The summed E-state index contributed by atoms with van der Waals surface area (Å²) in [6.07, 6.45) is 0. The maximum absolute atomic E-state index is 9.57. The molecule has 0 aliphatic carbocycles. The highest BCUT2D eigenvalue weighted by Crippen LogP contribution is 2.41. The minimum absolute atomic E-state index is 0.0991. The molecule has 0 atom stereocenters. The Hall–Kier alpha value is -6.90. The van der Waals surface area contributed by atoms with Crippen LogP contribution in [0, 0.1) is 0 Å². The quantitative estimate of drug-likeness (QED) is 0.175. The Kier molecular flexibility index (Phi) is 6.22. The first kappa shape index (κ1) is 26.0. The minimum Gasteiger partial charge on any atom is -0.455 e. The lowest BCUT2D eigenvalue weighted by Crippen LogP contribution is -2.10. The summed E-state index contributed by atoms with van der Waals surface area (Å²) in [5, 5.41) is 6.21. The zero-order valence-electron chi connectivity index (χ0n) is 32.1. The van der Waals surface area contributed by atoms with Crippen LogP contribution in [0.25, 0.3) is 76.9 Å². The van der Waals surface area contributed by atoms with Gasteiger partial charge in [0.05, 0.1) is 5.48 Å². The summed E-state index contributed by atoms with van der Waals surface area (Å²) in [6.45, 7) is 0. The van der Waals surface area contributed by atoms with Crippen LogP contribution in [0.2, 0.25) is 0 Å². The summed E-state index contributed by atoms with van der Waals surface area (Å²) >= 11 is 0. The fourth-order valence-electron chi connectivity index (χ4n) is 7.46. The first-order valence-corrected chi connectivity index (χ1v) is 17.4. The van der Waals surface area contributed by atoms with Crippen LogP contribution in [0.1, 0.15) is 5.48 Å². The van der Waals surface area contributed by atoms with Crippen LogP contribution in [0.3, 0.4) is 0 Å². The number of hydrogen-bond acceptors (Lipinski definition) is 2. The number of benzene rings is 9. The largest absolute Gasteiger partial charge is 0.455 e. The number of anilines is 3. The summed E-state index contributed by atoms with van der Waals surface area (Å²) in [4.78, 5) is 1.85. The van der Waals surface area contributed by atoms with Crippen molar-refractivity contribution in [2.45, 2.75) is 0 Å². The van der Waals surface area contributed by atoms with Crippen molar-refractivity contribution < 1.29 is 9.90 Å². The molecule has 0 aliphatic rings. The number of para-hydroxylation sites is 2. The van der Waals surface area contributed by atoms with Crippen LogP contribution in [0.15, 0.2) is 205 Å². The third-order valence-electron chi connectivity index (χ3n) is 9.94. The molecular weight excluding hydrogens is 631 g/mol. The zero-order valence-corrected chi connectivity index (χ0v) is 28.1. The van der Waals surface area contributed by atoms with E-state index in [1.54, 1.807) is 0 Å². The molecule has 0 N–H and O–H groups in total. The van der Waals surface area contributed by atoms with E-state index in [-0.39, 0.29) is 35.4 Å². The first-order chi connectivity index (χ1) is 27.5. The molecule has 0 fully saturated rings. The molecule has 0 amide bonds. The number of rotatable bonds is 6. The van der Waals surface area contributed by atoms with Gasteiger partial charge >= 0.3 is 0 Å². The van der Waals surface area contributed by atoms with Gasteiger partial charge in [0.15, 0.2) is 0 Å². The monoisotopic (exact) mass is 667 g/mol. The van der Waals surface area contributed by atoms with Crippen molar-refractivity contribution in [1.29, 1.82) is 0 Å². The van der Waals surface area contributed by atoms with Gasteiger partial charge in [-0.25, -0.2) is 0 Å². The standard InChI is InChI=1S/C50H33NO/c1-3-17-42-34(11-1)13-8-20-44(42)36-25-29-39(30-26-36)51(40-31-27-37(28-32-40)45-21-9-14-35-12-2-4-18-43(35)45)41-16-7-15-38(33-41)46-22-10-23-48-47-19-5-6-24-49(47)52-50(46)48/h1-33H/i25D,26D,29D,30D. The molecule has 0 unspecified atom stereocenters. The molecule has 0 saturated carbocycles. The van der Waals surface area contributed by atoms with E-state index >= 15 is 0 Å². The second-order valence-corrected chi connectivity index (χ2v) is 13.0. The second kappa shape index (κ2) is 12.5. The van der Waals surface area contributed by atoms with E-state index in [1.165, 1.54) is 0 Å². The van der Waals surface area contributed by atoms with Crippen molar-refractivity contribution in [2.24, 2.45) is 0 Å². The van der Waals surface area contributed by atoms with E-state index in [4.69, 9.17) is 4.42 Å². The van der Waals surface area contributed by atoms with E-state index < -0.39 is 0 Å². The van der Waals surface area contributed by atoms with Crippen LogP contribution >= 0.6 is 0 Å². The maximum atomic E-state index is 9.57. The molecule has 10 aromatic rings. The fraction of sp³-hybridized carbons (Fsp3) is 0. The van der Waals surface area contributed by atoms with E-state index in [2.05, 4.69) is 54.6 Å². The average Bonchev–Trinajstić information content (AvgIpc) is 3.64. The zero-order chi connectivity index (χ0) is 37.9. The molecule has 0 spiro atoms. The number of hydrogen-bond donors (Lipinski definition) is 0. The van der Waals surface area contributed by atoms with Crippen LogP contribution in [0.5, 0.6) is 0 Å². The maximum Gasteiger partial charge on any atom is 0.143 e. The van der Waals surface area contributed by atoms with Gasteiger partial charge in [0.1, 0.15) is 11.2 Å². The molecule has 1 aromatic heterocycles. The molecule has 244 valence electrons. The van der Waals surface area contributed by atoms with Crippen molar-refractivity contribution in [2.75, 3.05) is 4.90 Å². The van der Waals surface area contributed by atoms with E-state index in [0.717, 1.165) is 65.7 Å². The Labute approximate surface area is 308 Å². The topological polar surface area (TPSA) is 16.4 Å². The Morgan fingerprint density at radius 1 is 0.365 bits per heavy atom. The predicted molar refractivity (Wildman–Crippen MR) is 220 cm³/mol. The highest BCUT2D eigenvalue weighted by atomic mass is 16.3. The molecule has 52 heavy (non-hydrogen) atoms. The van der Waals surface area contributed by atoms with Crippen LogP contribution in [-0.4, -0.2) is 0 Å². The predicted octanol–water partition coefficient (Wildman–Crippen LogP) is 14.4. The highest BCUT2D eigenvalue weighted by molar-refractivity contribution is 6.09. The smallest absolute Gasteiger partial charge is 0.143 e. The molecule has 0 radical (unpaired) electrons. The Morgan fingerprint density at radius 2 is 0.923 bits per heavy atom. The van der Waals surface area contributed by atoms with Crippen molar-refractivity contribution in [3.8, 4) is 33.4 Å². The molecule has 0 bridgehead atoms. The van der Waals surface area contributed by atoms with Crippen molar-refractivity contribution in [3.63, 3.8) is 0 Å². The third kappa shape index (κ3) is 5.12. The molecule has 2 nitrogen and oxygen atoms in total. The van der Waals surface area contributed by atoms with E-state index in [0.29, 0.717) is 16.9 Å². The Bertz CT molecular complexity index is 3110. The lowest BCUT2D eigenvalue weighted by atomic mass is 9.97.